The van der Waals surface area contributed by atoms with E-state index in [-0.39, 0.29) is 5.97 Å². The lowest BCUT2D eigenvalue weighted by atomic mass is 10.2. The molecule has 0 amide bonds. The Kier molecular flexibility index (Phi) is 7.87. The molecule has 0 aliphatic heterocycles. The first-order valence-corrected chi connectivity index (χ1v) is 6.96. The van der Waals surface area contributed by atoms with E-state index in [0.29, 0.717) is 18.1 Å². The predicted molar refractivity (Wildman–Crippen MR) is 80.0 cm³/mol. The zero-order valence-corrected chi connectivity index (χ0v) is 11.9. The average Bonchev–Trinajstić information content (AvgIpc) is 2.50. The van der Waals surface area contributed by atoms with Crippen molar-refractivity contribution in [3.63, 3.8) is 0 Å². The molecule has 0 heterocycles. The number of guanidine groups is 1. The highest BCUT2D eigenvalue weighted by atomic mass is 16.5. The van der Waals surface area contributed by atoms with E-state index in [1.54, 1.807) is 19.2 Å². The monoisotopic (exact) mass is 277 g/mol. The van der Waals surface area contributed by atoms with Crippen LogP contribution in [0.2, 0.25) is 0 Å². The molecule has 1 aromatic rings. The summed E-state index contributed by atoms with van der Waals surface area (Å²) in [6, 6.07) is 9.03. The molecule has 3 N–H and O–H groups in total. The molecule has 1 rings (SSSR count). The van der Waals surface area contributed by atoms with Gasteiger partial charge in [0.2, 0.25) is 0 Å². The third-order valence-electron chi connectivity index (χ3n) is 2.87. The Labute approximate surface area is 120 Å². The standard InChI is InChI=1S/C15H23N3O2/c1-17-15(16)18-11-7-2-3-8-12-20-14(19)13-9-5-4-6-10-13/h4-6,9-10H,2-3,7-8,11-12H2,1H3,(H3,16,17,18). The second-order valence-corrected chi connectivity index (χ2v) is 4.47. The Balaban J connectivity index is 1.97. The minimum atomic E-state index is -0.255. The number of nitrogens with one attached hydrogen (secondary N) is 3. The normalized spacial score (nSPS) is 9.85. The van der Waals surface area contributed by atoms with Crippen molar-refractivity contribution in [3.05, 3.63) is 35.9 Å². The van der Waals surface area contributed by atoms with E-state index in [9.17, 15) is 4.79 Å². The molecule has 0 atom stereocenters. The average molecular weight is 277 g/mol. The van der Waals surface area contributed by atoms with E-state index in [1.165, 1.54) is 0 Å². The van der Waals surface area contributed by atoms with Crippen LogP contribution in [0.3, 0.4) is 0 Å². The van der Waals surface area contributed by atoms with Gasteiger partial charge in [-0.1, -0.05) is 24.6 Å². The van der Waals surface area contributed by atoms with Crippen molar-refractivity contribution in [3.8, 4) is 0 Å². The van der Waals surface area contributed by atoms with Gasteiger partial charge >= 0.3 is 5.97 Å². The molecule has 5 heteroatoms. The molecule has 0 fully saturated rings. The summed E-state index contributed by atoms with van der Waals surface area (Å²) in [7, 11) is 1.72. The van der Waals surface area contributed by atoms with Crippen molar-refractivity contribution >= 4 is 11.9 Å². The summed E-state index contributed by atoms with van der Waals surface area (Å²) in [6.07, 6.45) is 3.97. The molecule has 20 heavy (non-hydrogen) atoms. The molecule has 0 saturated carbocycles. The van der Waals surface area contributed by atoms with E-state index in [1.807, 2.05) is 18.2 Å². The molecule has 110 valence electrons. The molecule has 0 radical (unpaired) electrons. The number of hydrogen-bond donors (Lipinski definition) is 3. The first kappa shape index (κ1) is 16.0. The lowest BCUT2D eigenvalue weighted by Crippen LogP contribution is -2.34. The van der Waals surface area contributed by atoms with Crippen LogP contribution in [0.5, 0.6) is 0 Å². The molecule has 0 aliphatic carbocycles. The van der Waals surface area contributed by atoms with Crippen molar-refractivity contribution in [1.29, 1.82) is 5.41 Å². The highest BCUT2D eigenvalue weighted by Gasteiger charge is 2.04. The van der Waals surface area contributed by atoms with Gasteiger partial charge in [-0.2, -0.15) is 0 Å². The number of unbranched alkanes of at least 4 members (excludes halogenated alkanes) is 3. The van der Waals surface area contributed by atoms with Crippen LogP contribution >= 0.6 is 0 Å². The summed E-state index contributed by atoms with van der Waals surface area (Å²) in [5, 5.41) is 13.0. The fraction of sp³-hybridized carbons (Fsp3) is 0.467. The van der Waals surface area contributed by atoms with Crippen molar-refractivity contribution in [1.82, 2.24) is 10.6 Å². The highest BCUT2D eigenvalue weighted by molar-refractivity contribution is 5.89. The molecule has 0 bridgehead atoms. The van der Waals surface area contributed by atoms with Gasteiger partial charge in [-0.05, 0) is 31.4 Å². The number of esters is 1. The summed E-state index contributed by atoms with van der Waals surface area (Å²) < 4.78 is 5.19. The lowest BCUT2D eigenvalue weighted by Gasteiger charge is -2.07. The van der Waals surface area contributed by atoms with Gasteiger partial charge in [0.15, 0.2) is 5.96 Å². The summed E-state index contributed by atoms with van der Waals surface area (Å²) in [5.41, 5.74) is 0.599. The lowest BCUT2D eigenvalue weighted by molar-refractivity contribution is 0.0497. The third kappa shape index (κ3) is 6.78. The number of benzene rings is 1. The summed E-state index contributed by atoms with van der Waals surface area (Å²) in [4.78, 5) is 11.6. The molecule has 0 aliphatic rings. The maximum Gasteiger partial charge on any atom is 0.338 e. The van der Waals surface area contributed by atoms with Gasteiger partial charge in [0, 0.05) is 13.6 Å². The summed E-state index contributed by atoms with van der Waals surface area (Å²) >= 11 is 0. The van der Waals surface area contributed by atoms with Crippen molar-refractivity contribution in [2.24, 2.45) is 0 Å². The quantitative estimate of drug-likeness (QED) is 0.294. The minimum absolute atomic E-state index is 0.255. The van der Waals surface area contributed by atoms with Crippen LogP contribution < -0.4 is 10.6 Å². The molecule has 0 saturated heterocycles. The molecule has 5 nitrogen and oxygen atoms in total. The zero-order valence-electron chi connectivity index (χ0n) is 11.9. The van der Waals surface area contributed by atoms with Crippen LogP contribution in [0, 0.1) is 5.41 Å². The maximum absolute atomic E-state index is 11.6. The molecule has 0 unspecified atom stereocenters. The predicted octanol–water partition coefficient (Wildman–Crippen LogP) is 2.15. The Bertz CT molecular complexity index is 407. The number of ether oxygens (including phenoxy) is 1. The van der Waals surface area contributed by atoms with Crippen LogP contribution in [0.4, 0.5) is 0 Å². The van der Waals surface area contributed by atoms with Gasteiger partial charge in [0.1, 0.15) is 0 Å². The molecule has 1 aromatic carbocycles. The number of hydrogen-bond acceptors (Lipinski definition) is 3. The van der Waals surface area contributed by atoms with Gasteiger partial charge in [0.25, 0.3) is 0 Å². The second kappa shape index (κ2) is 9.83. The van der Waals surface area contributed by atoms with Gasteiger partial charge in [0.05, 0.1) is 12.2 Å². The fourth-order valence-corrected chi connectivity index (χ4v) is 1.70. The number of rotatable bonds is 8. The Morgan fingerprint density at radius 3 is 2.55 bits per heavy atom. The third-order valence-corrected chi connectivity index (χ3v) is 2.87. The van der Waals surface area contributed by atoms with Gasteiger partial charge in [-0.3, -0.25) is 5.41 Å². The fourth-order valence-electron chi connectivity index (χ4n) is 1.70. The van der Waals surface area contributed by atoms with Crippen LogP contribution in [0.15, 0.2) is 30.3 Å². The molecule has 0 spiro atoms. The Hall–Kier alpha value is -2.04. The molecule has 0 aromatic heterocycles. The van der Waals surface area contributed by atoms with Crippen molar-refractivity contribution in [2.45, 2.75) is 25.7 Å². The summed E-state index contributed by atoms with van der Waals surface area (Å²) in [6.45, 7) is 1.26. The van der Waals surface area contributed by atoms with Crippen LogP contribution in [0.25, 0.3) is 0 Å². The molecular weight excluding hydrogens is 254 g/mol. The highest BCUT2D eigenvalue weighted by Crippen LogP contribution is 2.04. The minimum Gasteiger partial charge on any atom is -0.462 e. The second-order valence-electron chi connectivity index (χ2n) is 4.47. The van der Waals surface area contributed by atoms with Crippen LogP contribution in [-0.2, 0) is 4.74 Å². The van der Waals surface area contributed by atoms with Gasteiger partial charge in [-0.15, -0.1) is 0 Å². The van der Waals surface area contributed by atoms with Crippen molar-refractivity contribution in [2.75, 3.05) is 20.2 Å². The van der Waals surface area contributed by atoms with Crippen molar-refractivity contribution < 1.29 is 9.53 Å². The Morgan fingerprint density at radius 1 is 1.15 bits per heavy atom. The van der Waals surface area contributed by atoms with E-state index in [0.717, 1.165) is 32.2 Å². The topological polar surface area (TPSA) is 74.2 Å². The molecular formula is C15H23N3O2. The van der Waals surface area contributed by atoms with E-state index < -0.39 is 0 Å². The van der Waals surface area contributed by atoms with Crippen LogP contribution in [0.1, 0.15) is 36.0 Å². The van der Waals surface area contributed by atoms with E-state index in [4.69, 9.17) is 10.1 Å². The van der Waals surface area contributed by atoms with Crippen LogP contribution in [-0.4, -0.2) is 32.1 Å². The summed E-state index contributed by atoms with van der Waals surface area (Å²) in [5.74, 6) is 0.0940. The number of carbonyl (C=O) groups is 1. The van der Waals surface area contributed by atoms with E-state index >= 15 is 0 Å². The zero-order chi connectivity index (χ0) is 14.6. The SMILES string of the molecule is CNC(=N)NCCCCCCOC(=O)c1ccccc1. The largest absolute Gasteiger partial charge is 0.462 e. The smallest absolute Gasteiger partial charge is 0.338 e. The number of carbonyl (C=O) groups excluding carboxylic acids is 1. The first-order valence-electron chi connectivity index (χ1n) is 6.96. The van der Waals surface area contributed by atoms with E-state index in [2.05, 4.69) is 10.6 Å². The Morgan fingerprint density at radius 2 is 1.85 bits per heavy atom. The first-order chi connectivity index (χ1) is 9.74. The maximum atomic E-state index is 11.6. The van der Waals surface area contributed by atoms with Gasteiger partial charge in [-0.25, -0.2) is 4.79 Å². The van der Waals surface area contributed by atoms with Gasteiger partial charge < -0.3 is 15.4 Å².